The molecule has 0 radical (unpaired) electrons. The fourth-order valence-electron chi connectivity index (χ4n) is 4.79. The number of rotatable bonds is 7. The molecule has 2 atom stereocenters. The number of carbonyl (C=O) groups is 2. The molecule has 2 N–H and O–H groups in total. The molecule has 1 aliphatic heterocycles. The molecule has 10 heteroatoms. The summed E-state index contributed by atoms with van der Waals surface area (Å²) in [5.74, 6) is 0.137. The summed E-state index contributed by atoms with van der Waals surface area (Å²) in [7, 11) is -3.86. The van der Waals surface area contributed by atoms with Crippen LogP contribution in [-0.4, -0.2) is 49.4 Å². The van der Waals surface area contributed by atoms with Crippen molar-refractivity contribution in [3.05, 3.63) is 53.4 Å². The van der Waals surface area contributed by atoms with Gasteiger partial charge in [0.15, 0.2) is 0 Å². The minimum atomic E-state index is -3.86. The minimum Gasteiger partial charge on any atom is -0.361 e. The van der Waals surface area contributed by atoms with E-state index in [2.05, 4.69) is 15.2 Å². The van der Waals surface area contributed by atoms with E-state index in [9.17, 15) is 18.0 Å². The molecule has 2 heterocycles. The highest BCUT2D eigenvalue weighted by molar-refractivity contribution is 7.89. The van der Waals surface area contributed by atoms with Gasteiger partial charge in [0.1, 0.15) is 11.3 Å². The van der Waals surface area contributed by atoms with E-state index in [0.717, 1.165) is 6.42 Å². The van der Waals surface area contributed by atoms with Crippen LogP contribution in [-0.2, 0) is 14.8 Å². The summed E-state index contributed by atoms with van der Waals surface area (Å²) in [4.78, 5) is 27.1. The summed E-state index contributed by atoms with van der Waals surface area (Å²) in [6.45, 7) is 8.35. The Balaban J connectivity index is 1.58. The normalized spacial score (nSPS) is 18.4. The Morgan fingerprint density at radius 1 is 1.14 bits per heavy atom. The number of aryl methyl sites for hydroxylation is 2. The van der Waals surface area contributed by atoms with Crippen LogP contribution in [0.3, 0.4) is 0 Å². The van der Waals surface area contributed by atoms with Crippen molar-refractivity contribution >= 4 is 38.3 Å². The lowest BCUT2D eigenvalue weighted by atomic mass is 9.94. The number of piperidine rings is 1. The molecule has 1 fully saturated rings. The zero-order valence-electron chi connectivity index (χ0n) is 21.0. The molecule has 1 aromatic heterocycles. The third kappa shape index (κ3) is 5.15. The molecule has 192 valence electrons. The highest BCUT2D eigenvalue weighted by Gasteiger charge is 2.32. The predicted molar refractivity (Wildman–Crippen MR) is 137 cm³/mol. The summed E-state index contributed by atoms with van der Waals surface area (Å²) >= 11 is 0. The topological polar surface area (TPSA) is 122 Å². The van der Waals surface area contributed by atoms with Crippen molar-refractivity contribution in [2.24, 2.45) is 5.92 Å². The first-order valence-electron chi connectivity index (χ1n) is 12.2. The van der Waals surface area contributed by atoms with Crippen molar-refractivity contribution in [3.63, 3.8) is 0 Å². The smallest absolute Gasteiger partial charge is 0.261 e. The average Bonchev–Trinajstić information content (AvgIpc) is 3.18. The van der Waals surface area contributed by atoms with Gasteiger partial charge >= 0.3 is 0 Å². The van der Waals surface area contributed by atoms with Gasteiger partial charge in [-0.1, -0.05) is 43.3 Å². The van der Waals surface area contributed by atoms with Crippen molar-refractivity contribution in [1.29, 1.82) is 0 Å². The number of nitrogens with zero attached hydrogens (tertiary/aromatic N) is 2. The number of sulfonamides is 1. The highest BCUT2D eigenvalue weighted by Crippen LogP contribution is 2.31. The minimum absolute atomic E-state index is 0.0193. The van der Waals surface area contributed by atoms with Crippen molar-refractivity contribution in [2.45, 2.75) is 57.9 Å². The molecule has 0 bridgehead atoms. The lowest BCUT2D eigenvalue weighted by Crippen LogP contribution is -2.51. The van der Waals surface area contributed by atoms with Gasteiger partial charge in [-0.15, -0.1) is 0 Å². The number of carbonyl (C=O) groups excluding carboxylic acids is 2. The molecule has 0 unspecified atom stereocenters. The maximum absolute atomic E-state index is 13.5. The zero-order valence-corrected chi connectivity index (χ0v) is 21.8. The molecule has 0 spiro atoms. The number of anilines is 1. The van der Waals surface area contributed by atoms with Crippen LogP contribution >= 0.6 is 0 Å². The molecule has 1 saturated heterocycles. The van der Waals surface area contributed by atoms with Gasteiger partial charge in [0.2, 0.25) is 15.9 Å². The molecule has 2 amide bonds. The van der Waals surface area contributed by atoms with E-state index in [-0.39, 0.29) is 28.7 Å². The largest absolute Gasteiger partial charge is 0.361 e. The number of fused-ring (bicyclic) bond motifs is 1. The second kappa shape index (κ2) is 10.4. The van der Waals surface area contributed by atoms with Gasteiger partial charge in [0.05, 0.1) is 10.6 Å². The summed E-state index contributed by atoms with van der Waals surface area (Å²) in [5, 5.41) is 7.81. The first-order chi connectivity index (χ1) is 17.1. The average molecular weight is 513 g/mol. The molecule has 36 heavy (non-hydrogen) atoms. The van der Waals surface area contributed by atoms with Crippen molar-refractivity contribution in [2.75, 3.05) is 18.4 Å². The van der Waals surface area contributed by atoms with Crippen LogP contribution in [0, 0.1) is 19.8 Å². The second-order valence-corrected chi connectivity index (χ2v) is 11.1. The van der Waals surface area contributed by atoms with Crippen LogP contribution in [0.2, 0.25) is 0 Å². The SMILES string of the molecule is CCCC(=O)N1CC[C@H](NS(=O)(=O)c2ccc(NC(=O)c3c(C)noc3C)c3ccccc23)[C@H](C)C1. The van der Waals surface area contributed by atoms with Crippen LogP contribution < -0.4 is 10.0 Å². The number of benzene rings is 2. The Morgan fingerprint density at radius 3 is 2.50 bits per heavy atom. The summed E-state index contributed by atoms with van der Waals surface area (Å²) in [5.41, 5.74) is 1.33. The first-order valence-corrected chi connectivity index (χ1v) is 13.7. The van der Waals surface area contributed by atoms with Gasteiger partial charge in [-0.3, -0.25) is 9.59 Å². The molecule has 4 rings (SSSR count). The molecular formula is C26H32N4O5S. The van der Waals surface area contributed by atoms with Gasteiger partial charge in [0.25, 0.3) is 5.91 Å². The third-order valence-corrected chi connectivity index (χ3v) is 8.26. The Morgan fingerprint density at radius 2 is 1.86 bits per heavy atom. The van der Waals surface area contributed by atoms with E-state index in [4.69, 9.17) is 4.52 Å². The maximum Gasteiger partial charge on any atom is 0.261 e. The number of hydrogen-bond acceptors (Lipinski definition) is 6. The van der Waals surface area contributed by atoms with Gasteiger partial charge in [-0.2, -0.15) is 0 Å². The van der Waals surface area contributed by atoms with E-state index in [1.165, 1.54) is 6.07 Å². The molecule has 1 aliphatic rings. The van der Waals surface area contributed by atoms with Crippen LogP contribution in [0.4, 0.5) is 5.69 Å². The van der Waals surface area contributed by atoms with Crippen molar-refractivity contribution in [3.8, 4) is 0 Å². The van der Waals surface area contributed by atoms with Gasteiger partial charge in [0, 0.05) is 42.0 Å². The maximum atomic E-state index is 13.5. The van der Waals surface area contributed by atoms with Crippen LogP contribution in [0.15, 0.2) is 45.8 Å². The van der Waals surface area contributed by atoms with E-state index < -0.39 is 10.0 Å². The van der Waals surface area contributed by atoms with Crippen LogP contribution in [0.5, 0.6) is 0 Å². The Kier molecular flexibility index (Phi) is 7.46. The van der Waals surface area contributed by atoms with Crippen molar-refractivity contribution in [1.82, 2.24) is 14.8 Å². The van der Waals surface area contributed by atoms with Gasteiger partial charge in [-0.05, 0) is 44.7 Å². The number of hydrogen-bond donors (Lipinski definition) is 2. The Labute approximate surface area is 211 Å². The van der Waals surface area contributed by atoms with Gasteiger partial charge in [-0.25, -0.2) is 13.1 Å². The number of likely N-dealkylation sites (tertiary alicyclic amines) is 1. The summed E-state index contributed by atoms with van der Waals surface area (Å²) in [6.07, 6.45) is 1.86. The van der Waals surface area contributed by atoms with Crippen LogP contribution in [0.25, 0.3) is 10.8 Å². The number of aromatic nitrogens is 1. The van der Waals surface area contributed by atoms with E-state index in [1.54, 1.807) is 44.2 Å². The molecular weight excluding hydrogens is 480 g/mol. The Bertz CT molecular complexity index is 1380. The molecule has 9 nitrogen and oxygen atoms in total. The Hall–Kier alpha value is -3.24. The predicted octanol–water partition coefficient (Wildman–Crippen LogP) is 4.01. The van der Waals surface area contributed by atoms with Crippen LogP contribution in [0.1, 0.15) is 54.9 Å². The second-order valence-electron chi connectivity index (χ2n) is 9.39. The molecule has 3 aromatic rings. The molecule has 2 aromatic carbocycles. The fraction of sp³-hybridized carbons (Fsp3) is 0.423. The monoisotopic (exact) mass is 512 g/mol. The molecule has 0 aliphatic carbocycles. The van der Waals surface area contributed by atoms with Crippen molar-refractivity contribution < 1.29 is 22.5 Å². The zero-order chi connectivity index (χ0) is 26.0. The van der Waals surface area contributed by atoms with E-state index >= 15 is 0 Å². The fourth-order valence-corrected chi connectivity index (χ4v) is 6.38. The van der Waals surface area contributed by atoms with E-state index in [1.807, 2.05) is 18.7 Å². The number of nitrogens with one attached hydrogen (secondary N) is 2. The molecule has 0 saturated carbocycles. The van der Waals surface area contributed by atoms with E-state index in [0.29, 0.717) is 59.4 Å². The lowest BCUT2D eigenvalue weighted by Gasteiger charge is -2.37. The first kappa shape index (κ1) is 25.8. The standard InChI is InChI=1S/C26H32N4O5S/c1-5-8-24(31)30-14-13-21(16(2)15-30)29-36(33,34)23-12-11-22(19-9-6-7-10-20(19)23)27-26(32)25-17(3)28-35-18(25)4/h6-7,9-12,16,21,29H,5,8,13-15H2,1-4H3,(H,27,32)/t16-,21+/m1/s1. The summed E-state index contributed by atoms with van der Waals surface area (Å²) in [6, 6.07) is 9.90. The van der Waals surface area contributed by atoms with Gasteiger partial charge < -0.3 is 14.7 Å². The quantitative estimate of drug-likeness (QED) is 0.493. The lowest BCUT2D eigenvalue weighted by molar-refractivity contribution is -0.133. The highest BCUT2D eigenvalue weighted by atomic mass is 32.2. The summed E-state index contributed by atoms with van der Waals surface area (Å²) < 4.78 is 34.9. The number of amides is 2. The third-order valence-electron chi connectivity index (χ3n) is 6.71.